The molecule has 2 heterocycles. The Bertz CT molecular complexity index is 502. The van der Waals surface area contributed by atoms with Gasteiger partial charge in [0, 0.05) is 24.6 Å². The number of ether oxygens (including phenoxy) is 1. The van der Waals surface area contributed by atoms with E-state index in [0.717, 1.165) is 31.6 Å². The minimum Gasteiger partial charge on any atom is -0.487 e. The maximum Gasteiger partial charge on any atom is 0.124 e. The van der Waals surface area contributed by atoms with Gasteiger partial charge in [0.2, 0.25) is 0 Å². The molecule has 1 fully saturated rings. The summed E-state index contributed by atoms with van der Waals surface area (Å²) in [4.78, 5) is 2.58. The Morgan fingerprint density at radius 2 is 2.19 bits per heavy atom. The van der Waals surface area contributed by atoms with Crippen LogP contribution in [0.2, 0.25) is 0 Å². The van der Waals surface area contributed by atoms with E-state index >= 15 is 0 Å². The first-order valence-electron chi connectivity index (χ1n) is 8.39. The summed E-state index contributed by atoms with van der Waals surface area (Å²) >= 11 is 0. The van der Waals surface area contributed by atoms with E-state index in [1.807, 2.05) is 0 Å². The molecule has 0 saturated carbocycles. The van der Waals surface area contributed by atoms with Crippen molar-refractivity contribution in [3.05, 3.63) is 29.3 Å². The molecule has 0 amide bonds. The number of fused-ring (bicyclic) bond motifs is 1. The quantitative estimate of drug-likeness (QED) is 0.906. The molecule has 116 valence electrons. The summed E-state index contributed by atoms with van der Waals surface area (Å²) in [6.45, 7) is 7.92. The van der Waals surface area contributed by atoms with Gasteiger partial charge in [0.05, 0.1) is 0 Å². The zero-order chi connectivity index (χ0) is 14.9. The molecule has 3 heteroatoms. The van der Waals surface area contributed by atoms with Crippen LogP contribution in [0.5, 0.6) is 5.75 Å². The Labute approximate surface area is 128 Å². The van der Waals surface area contributed by atoms with Gasteiger partial charge in [0.15, 0.2) is 0 Å². The average molecular weight is 288 g/mol. The number of aryl methyl sites for hydroxylation is 1. The van der Waals surface area contributed by atoms with Crippen molar-refractivity contribution in [2.45, 2.75) is 57.6 Å². The fourth-order valence-electron chi connectivity index (χ4n) is 3.91. The summed E-state index contributed by atoms with van der Waals surface area (Å²) in [6, 6.07) is 6.55. The molecule has 0 aromatic heterocycles. The van der Waals surface area contributed by atoms with Crippen molar-refractivity contribution >= 4 is 0 Å². The highest BCUT2D eigenvalue weighted by Crippen LogP contribution is 2.43. The summed E-state index contributed by atoms with van der Waals surface area (Å²) in [5.74, 6) is 1.02. The second kappa shape index (κ2) is 5.98. The highest BCUT2D eigenvalue weighted by atomic mass is 16.5. The number of nitrogens with zero attached hydrogens (tertiary/aromatic N) is 1. The largest absolute Gasteiger partial charge is 0.487 e. The summed E-state index contributed by atoms with van der Waals surface area (Å²) in [6.07, 6.45) is 5.65. The Morgan fingerprint density at radius 1 is 1.33 bits per heavy atom. The molecule has 0 radical (unpaired) electrons. The molecule has 3 rings (SSSR count). The van der Waals surface area contributed by atoms with Gasteiger partial charge in [-0.25, -0.2) is 0 Å². The summed E-state index contributed by atoms with van der Waals surface area (Å²) in [5.41, 5.74) is 8.89. The molecule has 2 aliphatic rings. The van der Waals surface area contributed by atoms with Gasteiger partial charge < -0.3 is 15.4 Å². The van der Waals surface area contributed by atoms with Crippen molar-refractivity contribution in [1.82, 2.24) is 4.90 Å². The van der Waals surface area contributed by atoms with Crippen LogP contribution in [0.4, 0.5) is 0 Å². The number of hydrogen-bond donors (Lipinski definition) is 1. The van der Waals surface area contributed by atoms with Crippen LogP contribution < -0.4 is 10.5 Å². The maximum atomic E-state index is 6.49. The number of rotatable bonds is 2. The summed E-state index contributed by atoms with van der Waals surface area (Å²) in [7, 11) is 0. The van der Waals surface area contributed by atoms with E-state index in [1.165, 1.54) is 37.1 Å². The van der Waals surface area contributed by atoms with E-state index in [-0.39, 0.29) is 11.6 Å². The number of nitrogens with two attached hydrogens (primary N) is 1. The smallest absolute Gasteiger partial charge is 0.124 e. The lowest BCUT2D eigenvalue weighted by Gasteiger charge is -2.41. The number of likely N-dealkylation sites (tertiary alicyclic amines) is 1. The highest BCUT2D eigenvalue weighted by molar-refractivity contribution is 5.41. The minimum atomic E-state index is -0.0375. The second-order valence-corrected chi connectivity index (χ2v) is 6.83. The first-order chi connectivity index (χ1) is 10.1. The van der Waals surface area contributed by atoms with Crippen LogP contribution in [-0.4, -0.2) is 30.1 Å². The van der Waals surface area contributed by atoms with Gasteiger partial charge in [0.1, 0.15) is 11.4 Å². The molecule has 21 heavy (non-hydrogen) atoms. The van der Waals surface area contributed by atoms with Gasteiger partial charge in [-0.05, 0) is 51.8 Å². The van der Waals surface area contributed by atoms with Crippen molar-refractivity contribution in [2.75, 3.05) is 19.6 Å². The zero-order valence-corrected chi connectivity index (χ0v) is 13.4. The molecule has 3 nitrogen and oxygen atoms in total. The molecule has 1 saturated heterocycles. The van der Waals surface area contributed by atoms with Crippen molar-refractivity contribution in [2.24, 2.45) is 5.73 Å². The van der Waals surface area contributed by atoms with Crippen molar-refractivity contribution in [1.29, 1.82) is 0 Å². The first-order valence-corrected chi connectivity index (χ1v) is 8.39. The number of benzene rings is 1. The highest BCUT2D eigenvalue weighted by Gasteiger charge is 2.40. The molecular weight excluding hydrogens is 260 g/mol. The normalized spacial score (nSPS) is 29.8. The lowest BCUT2D eigenvalue weighted by atomic mass is 9.82. The molecule has 2 unspecified atom stereocenters. The first kappa shape index (κ1) is 14.9. The third kappa shape index (κ3) is 3.09. The van der Waals surface area contributed by atoms with Gasteiger partial charge in [-0.2, -0.15) is 0 Å². The standard InChI is InChI=1S/C18H28N2O/c1-3-9-20-10-4-7-18(8-11-20)13-16(19)15-12-14(2)5-6-17(15)21-18/h5-6,12,16H,3-4,7-11,13,19H2,1-2H3. The predicted molar refractivity (Wildman–Crippen MR) is 86.7 cm³/mol. The van der Waals surface area contributed by atoms with Crippen LogP contribution in [-0.2, 0) is 0 Å². The van der Waals surface area contributed by atoms with Gasteiger partial charge in [-0.15, -0.1) is 0 Å². The third-order valence-electron chi connectivity index (χ3n) is 5.01. The lowest BCUT2D eigenvalue weighted by molar-refractivity contribution is 0.0218. The predicted octanol–water partition coefficient (Wildman–Crippen LogP) is 3.41. The molecular formula is C18H28N2O. The van der Waals surface area contributed by atoms with Gasteiger partial charge in [-0.1, -0.05) is 24.6 Å². The molecule has 2 N–H and O–H groups in total. The molecule has 0 bridgehead atoms. The zero-order valence-electron chi connectivity index (χ0n) is 13.4. The van der Waals surface area contributed by atoms with Crippen LogP contribution in [0, 0.1) is 6.92 Å². The molecule has 2 atom stereocenters. The van der Waals surface area contributed by atoms with Gasteiger partial charge >= 0.3 is 0 Å². The Kier molecular flexibility index (Phi) is 4.23. The van der Waals surface area contributed by atoms with Crippen LogP contribution in [0.25, 0.3) is 0 Å². The van der Waals surface area contributed by atoms with Crippen LogP contribution in [0.15, 0.2) is 18.2 Å². The third-order valence-corrected chi connectivity index (χ3v) is 5.01. The molecule has 0 aliphatic carbocycles. The monoisotopic (exact) mass is 288 g/mol. The molecule has 1 spiro atoms. The van der Waals surface area contributed by atoms with Crippen molar-refractivity contribution in [3.8, 4) is 5.75 Å². The SMILES string of the molecule is CCCN1CCCC2(CC1)CC(N)c1cc(C)ccc1O2. The van der Waals surface area contributed by atoms with Crippen molar-refractivity contribution < 1.29 is 4.74 Å². The fraction of sp³-hybridized carbons (Fsp3) is 0.667. The van der Waals surface area contributed by atoms with E-state index < -0.39 is 0 Å². The minimum absolute atomic E-state index is 0.0375. The molecule has 2 aliphatic heterocycles. The fourth-order valence-corrected chi connectivity index (χ4v) is 3.91. The topological polar surface area (TPSA) is 38.5 Å². The summed E-state index contributed by atoms with van der Waals surface area (Å²) < 4.78 is 6.49. The lowest BCUT2D eigenvalue weighted by Crippen LogP contribution is -2.43. The van der Waals surface area contributed by atoms with E-state index in [2.05, 4.69) is 36.9 Å². The van der Waals surface area contributed by atoms with Crippen molar-refractivity contribution in [3.63, 3.8) is 0 Å². The Morgan fingerprint density at radius 3 is 3.00 bits per heavy atom. The summed E-state index contributed by atoms with van der Waals surface area (Å²) in [5, 5.41) is 0. The van der Waals surface area contributed by atoms with E-state index in [4.69, 9.17) is 10.5 Å². The Hall–Kier alpha value is -1.06. The van der Waals surface area contributed by atoms with Gasteiger partial charge in [0.25, 0.3) is 0 Å². The van der Waals surface area contributed by atoms with Crippen LogP contribution >= 0.6 is 0 Å². The van der Waals surface area contributed by atoms with Crippen LogP contribution in [0.3, 0.4) is 0 Å². The maximum absolute atomic E-state index is 6.49. The van der Waals surface area contributed by atoms with Gasteiger partial charge in [-0.3, -0.25) is 0 Å². The van der Waals surface area contributed by atoms with E-state index in [9.17, 15) is 0 Å². The van der Waals surface area contributed by atoms with E-state index in [0.29, 0.717) is 0 Å². The van der Waals surface area contributed by atoms with Crippen LogP contribution in [0.1, 0.15) is 56.2 Å². The molecule has 1 aromatic carbocycles. The van der Waals surface area contributed by atoms with E-state index in [1.54, 1.807) is 0 Å². The molecule has 1 aromatic rings. The second-order valence-electron chi connectivity index (χ2n) is 6.83. The number of hydrogen-bond acceptors (Lipinski definition) is 3. The Balaban J connectivity index is 1.79. The average Bonchev–Trinajstić information content (AvgIpc) is 2.64.